The van der Waals surface area contributed by atoms with Gasteiger partial charge in [0.15, 0.2) is 0 Å². The highest BCUT2D eigenvalue weighted by atomic mass is 16.5. The van der Waals surface area contributed by atoms with Gasteiger partial charge < -0.3 is 9.47 Å². The lowest BCUT2D eigenvalue weighted by Gasteiger charge is -2.10. The number of benzene rings is 1. The molecule has 0 saturated carbocycles. The summed E-state index contributed by atoms with van der Waals surface area (Å²) in [7, 11) is 0. The molecule has 18 heavy (non-hydrogen) atoms. The van der Waals surface area contributed by atoms with Crippen LogP contribution in [0.3, 0.4) is 0 Å². The Kier molecular flexibility index (Phi) is 6.34. The summed E-state index contributed by atoms with van der Waals surface area (Å²) in [4.78, 5) is 0. The van der Waals surface area contributed by atoms with Gasteiger partial charge in [-0.15, -0.1) is 0 Å². The molecule has 0 bridgehead atoms. The van der Waals surface area contributed by atoms with Gasteiger partial charge in [0.2, 0.25) is 0 Å². The van der Waals surface area contributed by atoms with Crippen LogP contribution in [0, 0.1) is 13.8 Å². The van der Waals surface area contributed by atoms with Crippen LogP contribution in [0.2, 0.25) is 0 Å². The van der Waals surface area contributed by atoms with E-state index in [1.54, 1.807) is 0 Å². The molecule has 0 aliphatic carbocycles. The number of hydrogen-bond acceptors (Lipinski definition) is 2. The van der Waals surface area contributed by atoms with Crippen molar-refractivity contribution in [3.8, 4) is 5.75 Å². The van der Waals surface area contributed by atoms with Crippen molar-refractivity contribution in [2.75, 3.05) is 13.2 Å². The van der Waals surface area contributed by atoms with Crippen LogP contribution >= 0.6 is 0 Å². The molecule has 0 aromatic heterocycles. The summed E-state index contributed by atoms with van der Waals surface area (Å²) in [6.07, 6.45) is 3.95. The Balaban J connectivity index is 2.33. The lowest BCUT2D eigenvalue weighted by molar-refractivity contribution is 0.209. The molecule has 2 heteroatoms. The largest absolute Gasteiger partial charge is 0.499 e. The first-order valence-corrected chi connectivity index (χ1v) is 6.64. The molecule has 0 N–H and O–H groups in total. The fourth-order valence-corrected chi connectivity index (χ4v) is 1.94. The molecular formula is C16H24O2. The molecule has 0 spiro atoms. The van der Waals surface area contributed by atoms with E-state index in [1.807, 2.05) is 19.9 Å². The Bertz CT molecular complexity index is 374. The summed E-state index contributed by atoms with van der Waals surface area (Å²) in [5.74, 6) is 2.02. The molecule has 0 radical (unpaired) electrons. The van der Waals surface area contributed by atoms with Gasteiger partial charge in [-0.1, -0.05) is 6.07 Å². The lowest BCUT2D eigenvalue weighted by Crippen LogP contribution is -2.00. The van der Waals surface area contributed by atoms with E-state index in [2.05, 4.69) is 32.0 Å². The first kappa shape index (κ1) is 14.6. The summed E-state index contributed by atoms with van der Waals surface area (Å²) >= 11 is 0. The molecular weight excluding hydrogens is 224 g/mol. The van der Waals surface area contributed by atoms with Crippen molar-refractivity contribution in [2.24, 2.45) is 0 Å². The predicted octanol–water partition coefficient (Wildman–Crippen LogP) is 4.40. The van der Waals surface area contributed by atoms with Crippen LogP contribution < -0.4 is 4.74 Å². The normalized spacial score (nSPS) is 11.4. The zero-order valence-corrected chi connectivity index (χ0v) is 12.0. The molecule has 0 fully saturated rings. The van der Waals surface area contributed by atoms with Crippen molar-refractivity contribution in [1.29, 1.82) is 0 Å². The number of aryl methyl sites for hydroxylation is 2. The van der Waals surface area contributed by atoms with E-state index >= 15 is 0 Å². The second-order valence-corrected chi connectivity index (χ2v) is 4.46. The third-order valence-electron chi connectivity index (χ3n) is 2.68. The van der Waals surface area contributed by atoms with E-state index in [0.29, 0.717) is 0 Å². The van der Waals surface area contributed by atoms with E-state index in [1.165, 1.54) is 11.1 Å². The maximum atomic E-state index is 5.76. The zero-order valence-electron chi connectivity index (χ0n) is 12.0. The average molecular weight is 248 g/mol. The zero-order chi connectivity index (χ0) is 13.4. The van der Waals surface area contributed by atoms with Crippen molar-refractivity contribution in [3.63, 3.8) is 0 Å². The quantitative estimate of drug-likeness (QED) is 0.526. The van der Waals surface area contributed by atoms with E-state index in [0.717, 1.165) is 37.6 Å². The van der Waals surface area contributed by atoms with Crippen molar-refractivity contribution < 1.29 is 9.47 Å². The van der Waals surface area contributed by atoms with E-state index in [9.17, 15) is 0 Å². The fourth-order valence-electron chi connectivity index (χ4n) is 1.94. The Morgan fingerprint density at radius 3 is 2.39 bits per heavy atom. The molecule has 1 rings (SSSR count). The second kappa shape index (κ2) is 7.80. The van der Waals surface area contributed by atoms with Crippen molar-refractivity contribution in [3.05, 3.63) is 41.2 Å². The molecule has 0 aliphatic heterocycles. The van der Waals surface area contributed by atoms with Crippen molar-refractivity contribution in [2.45, 2.75) is 40.5 Å². The van der Waals surface area contributed by atoms with Crippen LogP contribution in [0.5, 0.6) is 5.75 Å². The fraction of sp³-hybridized carbons (Fsp3) is 0.500. The van der Waals surface area contributed by atoms with Gasteiger partial charge in [0.05, 0.1) is 19.0 Å². The SMILES string of the molecule is C/C=C(\CCCOc1cc(C)cc(C)c1)OCC. The smallest absolute Gasteiger partial charge is 0.119 e. The minimum absolute atomic E-state index is 0.729. The van der Waals surface area contributed by atoms with Crippen LogP contribution in [0.4, 0.5) is 0 Å². The summed E-state index contributed by atoms with van der Waals surface area (Å²) < 4.78 is 11.2. The van der Waals surface area contributed by atoms with Crippen LogP contribution in [0.15, 0.2) is 30.0 Å². The predicted molar refractivity (Wildman–Crippen MR) is 76.0 cm³/mol. The third-order valence-corrected chi connectivity index (χ3v) is 2.68. The molecule has 0 aliphatic rings. The van der Waals surface area contributed by atoms with Crippen LogP contribution in [0.1, 0.15) is 37.8 Å². The molecule has 100 valence electrons. The van der Waals surface area contributed by atoms with Gasteiger partial charge in [0.1, 0.15) is 5.75 Å². The van der Waals surface area contributed by atoms with Crippen molar-refractivity contribution >= 4 is 0 Å². The highest BCUT2D eigenvalue weighted by Crippen LogP contribution is 2.17. The minimum atomic E-state index is 0.729. The highest BCUT2D eigenvalue weighted by Gasteiger charge is 1.99. The van der Waals surface area contributed by atoms with Gasteiger partial charge in [0, 0.05) is 6.42 Å². The third kappa shape index (κ3) is 5.26. The van der Waals surface area contributed by atoms with E-state index in [-0.39, 0.29) is 0 Å². The Hall–Kier alpha value is -1.44. The van der Waals surface area contributed by atoms with E-state index in [4.69, 9.17) is 9.47 Å². The first-order valence-electron chi connectivity index (χ1n) is 6.64. The van der Waals surface area contributed by atoms with Gasteiger partial charge in [-0.3, -0.25) is 0 Å². The Morgan fingerprint density at radius 1 is 1.17 bits per heavy atom. The summed E-state index contributed by atoms with van der Waals surface area (Å²) in [6, 6.07) is 6.30. The first-order chi connectivity index (χ1) is 8.65. The highest BCUT2D eigenvalue weighted by molar-refractivity contribution is 5.32. The molecule has 0 unspecified atom stereocenters. The van der Waals surface area contributed by atoms with Crippen molar-refractivity contribution in [1.82, 2.24) is 0 Å². The van der Waals surface area contributed by atoms with Gasteiger partial charge in [0.25, 0.3) is 0 Å². The summed E-state index contributed by atoms with van der Waals surface area (Å²) in [5, 5.41) is 0. The van der Waals surface area contributed by atoms with Gasteiger partial charge in [-0.25, -0.2) is 0 Å². The lowest BCUT2D eigenvalue weighted by atomic mass is 10.1. The van der Waals surface area contributed by atoms with Gasteiger partial charge in [-0.05, 0) is 63.5 Å². The molecule has 1 aromatic carbocycles. The number of ether oxygens (including phenoxy) is 2. The summed E-state index contributed by atoms with van der Waals surface area (Å²) in [6.45, 7) is 9.66. The molecule has 2 nitrogen and oxygen atoms in total. The maximum Gasteiger partial charge on any atom is 0.119 e. The molecule has 0 saturated heterocycles. The maximum absolute atomic E-state index is 5.76. The average Bonchev–Trinajstić information content (AvgIpc) is 2.32. The monoisotopic (exact) mass is 248 g/mol. The topological polar surface area (TPSA) is 18.5 Å². The number of allylic oxidation sites excluding steroid dienone is 2. The number of hydrogen-bond donors (Lipinski definition) is 0. The summed E-state index contributed by atoms with van der Waals surface area (Å²) in [5.41, 5.74) is 2.49. The van der Waals surface area contributed by atoms with Crippen LogP contribution in [-0.4, -0.2) is 13.2 Å². The molecule has 0 heterocycles. The van der Waals surface area contributed by atoms with Gasteiger partial charge in [-0.2, -0.15) is 0 Å². The molecule has 0 amide bonds. The Labute approximate surface area is 111 Å². The van der Waals surface area contributed by atoms with Crippen LogP contribution in [-0.2, 0) is 4.74 Å². The van der Waals surface area contributed by atoms with E-state index < -0.39 is 0 Å². The van der Waals surface area contributed by atoms with Crippen LogP contribution in [0.25, 0.3) is 0 Å². The molecule has 1 aromatic rings. The Morgan fingerprint density at radius 2 is 1.83 bits per heavy atom. The molecule has 0 atom stereocenters. The van der Waals surface area contributed by atoms with Gasteiger partial charge >= 0.3 is 0 Å². The minimum Gasteiger partial charge on any atom is -0.499 e. The standard InChI is InChI=1S/C16H24O2/c1-5-15(17-6-2)8-7-9-18-16-11-13(3)10-14(4)12-16/h5,10-12H,6-9H2,1-4H3/b15-5+. The second-order valence-electron chi connectivity index (χ2n) is 4.46. The number of rotatable bonds is 7.